The van der Waals surface area contributed by atoms with Crippen molar-refractivity contribution in [3.63, 3.8) is 0 Å². The van der Waals surface area contributed by atoms with Crippen molar-refractivity contribution in [2.45, 2.75) is 59.4 Å². The highest BCUT2D eigenvalue weighted by Gasteiger charge is 2.41. The van der Waals surface area contributed by atoms with Crippen LogP contribution in [0.15, 0.2) is 64.5 Å². The summed E-state index contributed by atoms with van der Waals surface area (Å²) in [6.45, 7) is 8.46. The molecule has 2 heterocycles. The lowest BCUT2D eigenvalue weighted by Gasteiger charge is -2.35. The van der Waals surface area contributed by atoms with E-state index in [0.29, 0.717) is 5.92 Å². The molecule has 1 saturated heterocycles. The van der Waals surface area contributed by atoms with Gasteiger partial charge in [-0.1, -0.05) is 55.6 Å². The number of benzene rings is 2. The number of aryl methyl sites for hydroxylation is 2. The van der Waals surface area contributed by atoms with Crippen LogP contribution in [-0.2, 0) is 4.79 Å². The van der Waals surface area contributed by atoms with Gasteiger partial charge in [-0.25, -0.2) is 4.99 Å². The van der Waals surface area contributed by atoms with Gasteiger partial charge in [0.15, 0.2) is 5.17 Å². The summed E-state index contributed by atoms with van der Waals surface area (Å²) in [7, 11) is 0. The van der Waals surface area contributed by atoms with Crippen LogP contribution >= 0.6 is 23.4 Å². The predicted octanol–water partition coefficient (Wildman–Crippen LogP) is 8.24. The number of carbonyl (C=O) groups is 1. The van der Waals surface area contributed by atoms with Crippen LogP contribution in [0, 0.1) is 26.7 Å². The first-order valence-electron chi connectivity index (χ1n) is 12.7. The van der Waals surface area contributed by atoms with Crippen molar-refractivity contribution in [1.29, 1.82) is 0 Å². The molecule has 4 nitrogen and oxygen atoms in total. The van der Waals surface area contributed by atoms with Crippen LogP contribution in [0.1, 0.15) is 55.1 Å². The molecule has 2 aliphatic rings. The van der Waals surface area contributed by atoms with Crippen LogP contribution in [-0.4, -0.2) is 26.6 Å². The molecule has 0 bridgehead atoms. The molecule has 186 valence electrons. The summed E-state index contributed by atoms with van der Waals surface area (Å²) in [5.41, 5.74) is 6.18. The zero-order valence-corrected chi connectivity index (χ0v) is 22.9. The molecule has 6 heteroatoms. The van der Waals surface area contributed by atoms with E-state index in [1.54, 1.807) is 0 Å². The molecular weight excluding hydrogens is 486 g/mol. The smallest absolute Gasteiger partial charge is 0.267 e. The molecule has 0 spiro atoms. The second kappa shape index (κ2) is 10.3. The van der Waals surface area contributed by atoms with Crippen LogP contribution in [0.5, 0.6) is 0 Å². The Kier molecular flexibility index (Phi) is 7.14. The van der Waals surface area contributed by atoms with Crippen molar-refractivity contribution in [2.75, 3.05) is 0 Å². The highest BCUT2D eigenvalue weighted by molar-refractivity contribution is 8.18. The monoisotopic (exact) mass is 517 g/mol. The van der Waals surface area contributed by atoms with Gasteiger partial charge in [-0.2, -0.15) is 0 Å². The topological polar surface area (TPSA) is 37.6 Å². The van der Waals surface area contributed by atoms with Crippen LogP contribution in [0.25, 0.3) is 11.8 Å². The summed E-state index contributed by atoms with van der Waals surface area (Å²) in [6.07, 6.45) is 6.60. The number of amides is 1. The summed E-state index contributed by atoms with van der Waals surface area (Å²) in [5.74, 6) is 0.525. The summed E-state index contributed by atoms with van der Waals surface area (Å²) >= 11 is 7.92. The van der Waals surface area contributed by atoms with Crippen molar-refractivity contribution in [3.8, 4) is 5.69 Å². The van der Waals surface area contributed by atoms with Gasteiger partial charge in [-0.3, -0.25) is 9.69 Å². The van der Waals surface area contributed by atoms with E-state index in [2.05, 4.69) is 37.5 Å². The first kappa shape index (κ1) is 24.9. The molecule has 5 rings (SSSR count). The van der Waals surface area contributed by atoms with Gasteiger partial charge in [0.05, 0.1) is 10.6 Å². The molecule has 0 radical (unpaired) electrons. The van der Waals surface area contributed by atoms with Crippen molar-refractivity contribution in [2.24, 2.45) is 10.9 Å². The maximum atomic E-state index is 13.8. The molecule has 1 aliphatic carbocycles. The lowest BCUT2D eigenvalue weighted by molar-refractivity contribution is -0.124. The molecule has 1 aliphatic heterocycles. The first-order chi connectivity index (χ1) is 17.3. The highest BCUT2D eigenvalue weighted by Crippen LogP contribution is 2.40. The van der Waals surface area contributed by atoms with Gasteiger partial charge in [-0.05, 0) is 98.8 Å². The number of hydrogen-bond donors (Lipinski definition) is 0. The number of aromatic nitrogens is 1. The van der Waals surface area contributed by atoms with Crippen molar-refractivity contribution in [3.05, 3.63) is 87.0 Å². The van der Waals surface area contributed by atoms with E-state index in [4.69, 9.17) is 16.6 Å². The molecule has 2 aromatic carbocycles. The van der Waals surface area contributed by atoms with Crippen LogP contribution in [0.2, 0.25) is 5.02 Å². The number of para-hydroxylation sites is 1. The Balaban J connectivity index is 1.54. The fourth-order valence-electron chi connectivity index (χ4n) is 5.34. The number of rotatable bonds is 4. The van der Waals surface area contributed by atoms with E-state index in [1.165, 1.54) is 18.2 Å². The van der Waals surface area contributed by atoms with Gasteiger partial charge in [0, 0.05) is 28.1 Å². The summed E-state index contributed by atoms with van der Waals surface area (Å²) in [6, 6.07) is 18.4. The standard InChI is InChI=1S/C30H32ClN3OS/c1-19-14-15-25(18-26(19)31)33-21(3)16-23(22(33)4)17-28-29(35)34(27-13-9-8-10-20(27)2)30(36-28)32-24-11-6-5-7-12-24/h5-7,11-12,14-18,20,27H,8-10,13H2,1-4H3/b28-17-,32-30?/t20-,27+/m1/s1. The average molecular weight is 518 g/mol. The number of nitrogens with zero attached hydrogens (tertiary/aromatic N) is 3. The van der Waals surface area contributed by atoms with Crippen LogP contribution in [0.3, 0.4) is 0 Å². The second-order valence-electron chi connectivity index (χ2n) is 9.94. The van der Waals surface area contributed by atoms with Gasteiger partial charge in [0.1, 0.15) is 0 Å². The molecule has 2 atom stereocenters. The third-order valence-electron chi connectivity index (χ3n) is 7.39. The maximum absolute atomic E-state index is 13.8. The minimum absolute atomic E-state index is 0.0663. The molecule has 0 N–H and O–H groups in total. The first-order valence-corrected chi connectivity index (χ1v) is 13.8. The summed E-state index contributed by atoms with van der Waals surface area (Å²) < 4.78 is 2.20. The third-order valence-corrected chi connectivity index (χ3v) is 8.78. The molecule has 1 saturated carbocycles. The van der Waals surface area contributed by atoms with Gasteiger partial charge in [0.2, 0.25) is 0 Å². The van der Waals surface area contributed by atoms with E-state index in [1.807, 2.05) is 60.4 Å². The second-order valence-corrected chi connectivity index (χ2v) is 11.4. The van der Waals surface area contributed by atoms with Crippen molar-refractivity contribution in [1.82, 2.24) is 9.47 Å². The zero-order valence-electron chi connectivity index (χ0n) is 21.3. The Morgan fingerprint density at radius 1 is 1.03 bits per heavy atom. The highest BCUT2D eigenvalue weighted by atomic mass is 35.5. The fraction of sp³-hybridized carbons (Fsp3) is 0.333. The quantitative estimate of drug-likeness (QED) is 0.327. The van der Waals surface area contributed by atoms with Gasteiger partial charge in [-0.15, -0.1) is 0 Å². The van der Waals surface area contributed by atoms with E-state index >= 15 is 0 Å². The van der Waals surface area contributed by atoms with Crippen molar-refractivity contribution >= 4 is 46.2 Å². The Bertz CT molecular complexity index is 1360. The Morgan fingerprint density at radius 2 is 1.78 bits per heavy atom. The van der Waals surface area contributed by atoms with E-state index < -0.39 is 0 Å². The lowest BCUT2D eigenvalue weighted by atomic mass is 9.85. The minimum atomic E-state index is 0.0663. The molecular formula is C30H32ClN3OS. The molecule has 1 aromatic heterocycles. The number of thioether (sulfide) groups is 1. The number of carbonyl (C=O) groups excluding carboxylic acids is 1. The average Bonchev–Trinajstić information content (AvgIpc) is 3.31. The normalized spacial score (nSPS) is 22.7. The molecule has 3 aromatic rings. The van der Waals surface area contributed by atoms with E-state index in [-0.39, 0.29) is 11.9 Å². The summed E-state index contributed by atoms with van der Waals surface area (Å²) in [4.78, 5) is 21.5. The number of aliphatic imine (C=N–C) groups is 1. The lowest BCUT2D eigenvalue weighted by Crippen LogP contribution is -2.44. The molecule has 36 heavy (non-hydrogen) atoms. The van der Waals surface area contributed by atoms with E-state index in [9.17, 15) is 4.79 Å². The van der Waals surface area contributed by atoms with Gasteiger partial charge < -0.3 is 4.57 Å². The number of amidine groups is 1. The molecule has 0 unspecified atom stereocenters. The number of halogens is 1. The fourth-order valence-corrected chi connectivity index (χ4v) is 6.55. The predicted molar refractivity (Wildman–Crippen MR) is 152 cm³/mol. The minimum Gasteiger partial charge on any atom is -0.318 e. The third kappa shape index (κ3) is 4.79. The van der Waals surface area contributed by atoms with E-state index in [0.717, 1.165) is 68.2 Å². The Morgan fingerprint density at radius 3 is 2.50 bits per heavy atom. The van der Waals surface area contributed by atoms with Gasteiger partial charge in [0.25, 0.3) is 5.91 Å². The van der Waals surface area contributed by atoms with Crippen LogP contribution in [0.4, 0.5) is 5.69 Å². The molecule has 1 amide bonds. The van der Waals surface area contributed by atoms with Gasteiger partial charge >= 0.3 is 0 Å². The molecule has 2 fully saturated rings. The van der Waals surface area contributed by atoms with Crippen LogP contribution < -0.4 is 0 Å². The Labute approximate surface area is 223 Å². The SMILES string of the molecule is Cc1ccc(-n2c(C)cc(/C=C3\SC(=Nc4ccccc4)N([C@H]4CCCC[C@H]4C)C3=O)c2C)cc1Cl. The zero-order chi connectivity index (χ0) is 25.4. The number of hydrogen-bond acceptors (Lipinski definition) is 3. The largest absolute Gasteiger partial charge is 0.318 e. The maximum Gasteiger partial charge on any atom is 0.267 e. The summed E-state index contributed by atoms with van der Waals surface area (Å²) in [5, 5.41) is 1.54. The van der Waals surface area contributed by atoms with Crippen molar-refractivity contribution < 1.29 is 4.79 Å². The Hall–Kier alpha value is -2.76.